The van der Waals surface area contributed by atoms with Crippen molar-refractivity contribution >= 4 is 38.6 Å². The molecule has 2 aliphatic rings. The molecule has 1 aliphatic heterocycles. The minimum atomic E-state index is -2.58. The number of allylic oxidation sites excluding steroid dienone is 1. The summed E-state index contributed by atoms with van der Waals surface area (Å²) in [7, 11) is -0.364. The Bertz CT molecular complexity index is 1730. The molecule has 1 fully saturated rings. The quantitative estimate of drug-likeness (QED) is 0.241. The predicted octanol–water partition coefficient (Wildman–Crippen LogP) is 3.30. The second-order valence-corrected chi connectivity index (χ2v) is 13.8. The Labute approximate surface area is 228 Å². The standard InChI is InChI=1S/C28H34N8O2S/c1-6-13-35-26(37)21-17-29-27(32-25(21)36(35)24-9-7-8-23(31-24)33-39(4,5)38)30-19-15-18(2)20-10-14-34(3)28(11-12-28)22(20)16-19/h6-9,15-17,39H,1,10-14H2,2-5H3,(H,29,30,32)(H,31,33,38). The van der Waals surface area contributed by atoms with Gasteiger partial charge in [0.25, 0.3) is 5.56 Å². The number of nitrogens with one attached hydrogen (secondary N) is 2. The maximum Gasteiger partial charge on any atom is 0.278 e. The van der Waals surface area contributed by atoms with E-state index in [0.717, 1.165) is 18.7 Å². The fraction of sp³-hybridized carbons (Fsp3) is 0.357. The Balaban J connectivity index is 1.44. The van der Waals surface area contributed by atoms with Crippen LogP contribution in [-0.4, -0.2) is 59.5 Å². The monoisotopic (exact) mass is 546 g/mol. The molecule has 0 amide bonds. The molecule has 4 heterocycles. The second kappa shape index (κ2) is 9.13. The Morgan fingerprint density at radius 1 is 1.21 bits per heavy atom. The number of fused-ring (bicyclic) bond motifs is 3. The first-order chi connectivity index (χ1) is 18.6. The molecule has 1 aromatic carbocycles. The molecule has 1 saturated carbocycles. The van der Waals surface area contributed by atoms with Crippen molar-refractivity contribution in [3.8, 4) is 5.82 Å². The van der Waals surface area contributed by atoms with Crippen LogP contribution in [0, 0.1) is 6.92 Å². The fourth-order valence-corrected chi connectivity index (χ4v) is 6.40. The second-order valence-electron chi connectivity index (χ2n) is 10.9. The van der Waals surface area contributed by atoms with Gasteiger partial charge in [-0.3, -0.25) is 13.9 Å². The lowest BCUT2D eigenvalue weighted by Crippen LogP contribution is -2.38. The Morgan fingerprint density at radius 2 is 2.00 bits per heavy atom. The topological polar surface area (TPSA) is 110 Å². The first-order valence-electron chi connectivity index (χ1n) is 13.1. The first kappa shape index (κ1) is 25.4. The van der Waals surface area contributed by atoms with Gasteiger partial charge in [-0.1, -0.05) is 12.1 Å². The van der Waals surface area contributed by atoms with Crippen molar-refractivity contribution < 1.29 is 4.21 Å². The van der Waals surface area contributed by atoms with Crippen LogP contribution in [-0.2, 0) is 28.6 Å². The van der Waals surface area contributed by atoms with Crippen LogP contribution in [0.3, 0.4) is 0 Å². The van der Waals surface area contributed by atoms with Gasteiger partial charge in [0.2, 0.25) is 5.95 Å². The highest BCUT2D eigenvalue weighted by Crippen LogP contribution is 2.54. The number of benzene rings is 1. The van der Waals surface area contributed by atoms with E-state index >= 15 is 0 Å². The molecule has 10 nitrogen and oxygen atoms in total. The van der Waals surface area contributed by atoms with Crippen molar-refractivity contribution in [3.05, 3.63) is 76.2 Å². The van der Waals surface area contributed by atoms with Crippen LogP contribution in [0.15, 0.2) is 54.0 Å². The van der Waals surface area contributed by atoms with E-state index in [-0.39, 0.29) is 17.6 Å². The number of aryl methyl sites for hydroxylation is 1. The smallest absolute Gasteiger partial charge is 0.278 e. The normalized spacial score (nSPS) is 16.7. The van der Waals surface area contributed by atoms with E-state index < -0.39 is 10.1 Å². The van der Waals surface area contributed by atoms with Gasteiger partial charge in [-0.05, 0) is 84.3 Å². The average molecular weight is 547 g/mol. The molecule has 204 valence electrons. The number of hydrogen-bond donors (Lipinski definition) is 3. The molecular formula is C28H34N8O2S. The summed E-state index contributed by atoms with van der Waals surface area (Å²) in [6.45, 7) is 7.32. The molecule has 1 aliphatic carbocycles. The largest absolute Gasteiger partial charge is 0.324 e. The third-order valence-electron chi connectivity index (χ3n) is 7.69. The van der Waals surface area contributed by atoms with Crippen LogP contribution >= 0.6 is 0 Å². The third-order valence-corrected chi connectivity index (χ3v) is 8.46. The van der Waals surface area contributed by atoms with Crippen LogP contribution in [0.1, 0.15) is 29.5 Å². The molecule has 6 rings (SSSR count). The van der Waals surface area contributed by atoms with Gasteiger partial charge in [0.1, 0.15) is 11.2 Å². The maximum atomic E-state index is 13.3. The summed E-state index contributed by atoms with van der Waals surface area (Å²) in [6, 6.07) is 9.71. The maximum absolute atomic E-state index is 13.3. The van der Waals surface area contributed by atoms with Crippen molar-refractivity contribution in [1.82, 2.24) is 29.2 Å². The summed E-state index contributed by atoms with van der Waals surface area (Å²) in [6.07, 6.45) is 9.89. The van der Waals surface area contributed by atoms with Crippen LogP contribution < -0.4 is 15.6 Å². The summed E-state index contributed by atoms with van der Waals surface area (Å²) in [5.41, 5.74) is 5.37. The Morgan fingerprint density at radius 3 is 2.72 bits per heavy atom. The first-order valence-corrected chi connectivity index (χ1v) is 15.7. The van der Waals surface area contributed by atoms with E-state index in [1.54, 1.807) is 47.7 Å². The van der Waals surface area contributed by atoms with Gasteiger partial charge in [-0.2, -0.15) is 4.98 Å². The van der Waals surface area contributed by atoms with Gasteiger partial charge in [-0.25, -0.2) is 19.3 Å². The number of anilines is 3. The number of nitrogens with zero attached hydrogens (tertiary/aromatic N) is 6. The molecular weight excluding hydrogens is 512 g/mol. The van der Waals surface area contributed by atoms with Gasteiger partial charge in [0, 0.05) is 36.5 Å². The lowest BCUT2D eigenvalue weighted by Gasteiger charge is -2.36. The van der Waals surface area contributed by atoms with Crippen molar-refractivity contribution in [2.24, 2.45) is 0 Å². The van der Waals surface area contributed by atoms with E-state index in [0.29, 0.717) is 28.6 Å². The molecule has 4 aromatic rings. The number of pyridine rings is 1. The predicted molar refractivity (Wildman–Crippen MR) is 158 cm³/mol. The van der Waals surface area contributed by atoms with E-state index in [9.17, 15) is 9.00 Å². The number of thiol groups is 1. The Kier molecular flexibility index (Phi) is 5.96. The fourth-order valence-electron chi connectivity index (χ4n) is 5.72. The average Bonchev–Trinajstić information content (AvgIpc) is 3.62. The summed E-state index contributed by atoms with van der Waals surface area (Å²) in [4.78, 5) is 29.7. The van der Waals surface area contributed by atoms with E-state index in [4.69, 9.17) is 4.98 Å². The number of aromatic nitrogens is 5. The molecule has 0 atom stereocenters. The number of likely N-dealkylation sites (N-methyl/N-ethyl adjacent to an activating group) is 1. The van der Waals surface area contributed by atoms with Crippen molar-refractivity contribution in [3.63, 3.8) is 0 Å². The Hall–Kier alpha value is -3.83. The van der Waals surface area contributed by atoms with Gasteiger partial charge >= 0.3 is 0 Å². The lowest BCUT2D eigenvalue weighted by molar-refractivity contribution is 0.208. The molecule has 3 aromatic heterocycles. The number of hydrogen-bond acceptors (Lipinski definition) is 7. The van der Waals surface area contributed by atoms with Crippen molar-refractivity contribution in [1.29, 1.82) is 0 Å². The van der Waals surface area contributed by atoms with Crippen LogP contribution in [0.4, 0.5) is 17.5 Å². The van der Waals surface area contributed by atoms with Crippen molar-refractivity contribution in [2.45, 2.75) is 38.3 Å². The highest BCUT2D eigenvalue weighted by atomic mass is 32.3. The zero-order valence-corrected chi connectivity index (χ0v) is 23.6. The summed E-state index contributed by atoms with van der Waals surface area (Å²) in [5, 5.41) is 3.77. The van der Waals surface area contributed by atoms with Crippen LogP contribution in [0.2, 0.25) is 0 Å². The third kappa shape index (κ3) is 4.45. The highest BCUT2D eigenvalue weighted by Gasteiger charge is 2.51. The molecule has 1 spiro atoms. The molecule has 2 N–H and O–H groups in total. The molecule has 11 heteroatoms. The van der Waals surface area contributed by atoms with E-state index in [1.165, 1.54) is 34.2 Å². The van der Waals surface area contributed by atoms with E-state index in [2.05, 4.69) is 57.6 Å². The lowest BCUT2D eigenvalue weighted by atomic mass is 9.87. The summed E-state index contributed by atoms with van der Waals surface area (Å²) < 4.78 is 18.5. The van der Waals surface area contributed by atoms with Crippen LogP contribution in [0.25, 0.3) is 16.9 Å². The summed E-state index contributed by atoms with van der Waals surface area (Å²) in [5.74, 6) is 1.31. The SMILES string of the molecule is C=CCn1c(=O)c2cnc(Nc3cc(C)c4c(c3)C3(CC3)N(C)CC4)nc2n1-c1cccc(N[SH](C)(C)=O)n1. The molecule has 0 radical (unpaired) electrons. The molecule has 0 saturated heterocycles. The van der Waals surface area contributed by atoms with E-state index in [1.807, 2.05) is 0 Å². The van der Waals surface area contributed by atoms with Gasteiger partial charge in [0.05, 0.1) is 6.54 Å². The summed E-state index contributed by atoms with van der Waals surface area (Å²) >= 11 is 0. The molecule has 0 unspecified atom stereocenters. The van der Waals surface area contributed by atoms with Gasteiger partial charge in [-0.15, -0.1) is 6.58 Å². The zero-order valence-electron chi connectivity index (χ0n) is 22.7. The number of rotatable bonds is 7. The molecule has 0 bridgehead atoms. The van der Waals surface area contributed by atoms with Gasteiger partial charge < -0.3 is 10.0 Å². The highest BCUT2D eigenvalue weighted by molar-refractivity contribution is 8.02. The minimum absolute atomic E-state index is 0.148. The van der Waals surface area contributed by atoms with Crippen molar-refractivity contribution in [2.75, 3.05) is 36.1 Å². The zero-order chi connectivity index (χ0) is 27.5. The van der Waals surface area contributed by atoms with Gasteiger partial charge in [0.15, 0.2) is 11.5 Å². The van der Waals surface area contributed by atoms with Crippen LogP contribution in [0.5, 0.6) is 0 Å². The molecule has 39 heavy (non-hydrogen) atoms. The minimum Gasteiger partial charge on any atom is -0.324 e.